The Labute approximate surface area is 226 Å². The zero-order valence-corrected chi connectivity index (χ0v) is 22.3. The quantitative estimate of drug-likeness (QED) is 0.274. The molecule has 7 nitrogen and oxygen atoms in total. The van der Waals surface area contributed by atoms with Crippen molar-refractivity contribution in [2.24, 2.45) is 0 Å². The number of hydrogen-bond donors (Lipinski definition) is 1. The van der Waals surface area contributed by atoms with Crippen molar-refractivity contribution in [3.05, 3.63) is 58.2 Å². The van der Waals surface area contributed by atoms with Gasteiger partial charge in [0.05, 0.1) is 15.8 Å². The molecule has 0 aliphatic carbocycles. The number of nitrogens with zero attached hydrogens (tertiary/aromatic N) is 3. The molecule has 1 amide bonds. The number of benzene rings is 1. The number of aromatic nitrogens is 2. The Bertz CT molecular complexity index is 1440. The number of rotatable bonds is 7. The summed E-state index contributed by atoms with van der Waals surface area (Å²) in [6, 6.07) is 11.4. The highest BCUT2D eigenvalue weighted by Crippen LogP contribution is 2.33. The zero-order valence-electron chi connectivity index (χ0n) is 20.7. The molecule has 38 heavy (non-hydrogen) atoms. The van der Waals surface area contributed by atoms with E-state index in [0.717, 1.165) is 30.8 Å². The summed E-state index contributed by atoms with van der Waals surface area (Å²) in [5, 5.41) is 7.71. The number of carbonyl (C=O) groups is 1. The molecule has 12 heteroatoms. The van der Waals surface area contributed by atoms with E-state index in [2.05, 4.69) is 34.0 Å². The normalized spacial score (nSPS) is 15.4. The van der Waals surface area contributed by atoms with Crippen LogP contribution in [0, 0.1) is 0 Å². The van der Waals surface area contributed by atoms with Crippen molar-refractivity contribution < 1.29 is 27.2 Å². The Balaban J connectivity index is 1.43. The highest BCUT2D eigenvalue weighted by atomic mass is 35.5. The van der Waals surface area contributed by atoms with Crippen LogP contribution in [-0.2, 0) is 6.54 Å². The van der Waals surface area contributed by atoms with E-state index in [1.54, 1.807) is 22.8 Å². The number of thiophene rings is 1. The SMILES string of the molecule is CC(C)N1CCC(NC(=O)c2cc3cc(OC(F)(F)F)ccc3n2Cc2cc(-c3ccc(Cl)s3)on2)CC1. The molecule has 0 radical (unpaired) electrons. The maximum absolute atomic E-state index is 13.4. The molecule has 4 aromatic rings. The van der Waals surface area contributed by atoms with Crippen LogP contribution >= 0.6 is 22.9 Å². The van der Waals surface area contributed by atoms with Gasteiger partial charge in [-0.15, -0.1) is 24.5 Å². The van der Waals surface area contributed by atoms with E-state index >= 15 is 0 Å². The van der Waals surface area contributed by atoms with Gasteiger partial charge in [-0.1, -0.05) is 16.8 Å². The standard InChI is InChI=1S/C26H26ClF3N4O3S/c1-15(2)33-9-7-17(8-10-33)31-25(35)21-12-16-11-19(36-26(28,29)30)3-4-20(16)34(21)14-18-13-22(37-32-18)23-5-6-24(27)38-23/h3-6,11-13,15,17H,7-10,14H2,1-2H3,(H,31,35). The first-order valence-corrected chi connectivity index (χ1v) is 13.4. The van der Waals surface area contributed by atoms with Gasteiger partial charge in [-0.2, -0.15) is 0 Å². The van der Waals surface area contributed by atoms with Gasteiger partial charge >= 0.3 is 6.36 Å². The van der Waals surface area contributed by atoms with E-state index in [0.29, 0.717) is 38.4 Å². The van der Waals surface area contributed by atoms with Crippen LogP contribution in [0.5, 0.6) is 5.75 Å². The second kappa shape index (κ2) is 10.6. The van der Waals surface area contributed by atoms with E-state index in [4.69, 9.17) is 16.1 Å². The van der Waals surface area contributed by atoms with Crippen LogP contribution in [0.25, 0.3) is 21.5 Å². The fourth-order valence-corrected chi connectivity index (χ4v) is 5.73. The van der Waals surface area contributed by atoms with Crippen molar-refractivity contribution in [3.8, 4) is 16.4 Å². The number of alkyl halides is 3. The van der Waals surface area contributed by atoms with Crippen LogP contribution < -0.4 is 10.1 Å². The average molecular weight is 567 g/mol. The molecule has 1 aliphatic rings. The second-order valence-corrected chi connectivity index (χ2v) is 11.3. The third-order valence-corrected chi connectivity index (χ3v) is 7.87. The molecule has 202 valence electrons. The summed E-state index contributed by atoms with van der Waals surface area (Å²) < 4.78 is 50.3. The molecule has 0 saturated carbocycles. The Hall–Kier alpha value is -3.02. The van der Waals surface area contributed by atoms with Gasteiger partial charge < -0.3 is 24.0 Å². The molecule has 0 atom stereocenters. The van der Waals surface area contributed by atoms with Gasteiger partial charge in [0, 0.05) is 42.1 Å². The summed E-state index contributed by atoms with van der Waals surface area (Å²) in [5.41, 5.74) is 1.44. The minimum atomic E-state index is -4.82. The van der Waals surface area contributed by atoms with E-state index in [1.807, 2.05) is 6.07 Å². The minimum absolute atomic E-state index is 0.00955. The third kappa shape index (κ3) is 6.00. The first kappa shape index (κ1) is 26.6. The third-order valence-electron chi connectivity index (χ3n) is 6.63. The smallest absolute Gasteiger partial charge is 0.406 e. The zero-order chi connectivity index (χ0) is 27.0. The molecule has 1 N–H and O–H groups in total. The number of ether oxygens (including phenoxy) is 1. The van der Waals surface area contributed by atoms with Crippen molar-refractivity contribution in [2.45, 2.75) is 51.7 Å². The fraction of sp³-hybridized carbons (Fsp3) is 0.385. The Morgan fingerprint density at radius 2 is 1.97 bits per heavy atom. The molecule has 5 rings (SSSR count). The highest BCUT2D eigenvalue weighted by molar-refractivity contribution is 7.19. The van der Waals surface area contributed by atoms with Crippen molar-refractivity contribution in [1.82, 2.24) is 19.9 Å². The highest BCUT2D eigenvalue weighted by Gasteiger charge is 2.31. The summed E-state index contributed by atoms with van der Waals surface area (Å²) in [7, 11) is 0. The minimum Gasteiger partial charge on any atom is -0.406 e. The molecule has 4 heterocycles. The van der Waals surface area contributed by atoms with Crippen molar-refractivity contribution in [2.75, 3.05) is 13.1 Å². The van der Waals surface area contributed by atoms with Crippen LogP contribution in [-0.4, -0.2) is 52.1 Å². The number of amides is 1. The number of carbonyl (C=O) groups excluding carboxylic acids is 1. The second-order valence-electron chi connectivity index (χ2n) is 9.55. The molecule has 0 spiro atoms. The maximum Gasteiger partial charge on any atom is 0.573 e. The van der Waals surface area contributed by atoms with Crippen LogP contribution in [0.2, 0.25) is 4.34 Å². The lowest BCUT2D eigenvalue weighted by molar-refractivity contribution is -0.274. The number of nitrogens with one attached hydrogen (secondary N) is 1. The van der Waals surface area contributed by atoms with Crippen molar-refractivity contribution in [3.63, 3.8) is 0 Å². The molecule has 1 saturated heterocycles. The van der Waals surface area contributed by atoms with Gasteiger partial charge in [-0.3, -0.25) is 4.79 Å². The monoisotopic (exact) mass is 566 g/mol. The van der Waals surface area contributed by atoms with Crippen LogP contribution in [0.4, 0.5) is 13.2 Å². The lowest BCUT2D eigenvalue weighted by Gasteiger charge is -2.34. The molecule has 0 unspecified atom stereocenters. The Morgan fingerprint density at radius 1 is 1.21 bits per heavy atom. The summed E-state index contributed by atoms with van der Waals surface area (Å²) in [4.78, 5) is 16.6. The fourth-order valence-electron chi connectivity index (χ4n) is 4.74. The topological polar surface area (TPSA) is 72.5 Å². The molecular weight excluding hydrogens is 541 g/mol. The van der Waals surface area contributed by atoms with Crippen LogP contribution in [0.15, 0.2) is 47.0 Å². The van der Waals surface area contributed by atoms with Crippen molar-refractivity contribution >= 4 is 39.7 Å². The molecule has 1 aliphatic heterocycles. The van der Waals surface area contributed by atoms with Gasteiger partial charge in [0.15, 0.2) is 5.76 Å². The maximum atomic E-state index is 13.4. The molecule has 0 bridgehead atoms. The summed E-state index contributed by atoms with van der Waals surface area (Å²) in [6.45, 7) is 6.25. The van der Waals surface area contributed by atoms with E-state index in [9.17, 15) is 18.0 Å². The van der Waals surface area contributed by atoms with E-state index in [1.165, 1.54) is 29.5 Å². The molecule has 1 aromatic carbocycles. The first-order valence-electron chi connectivity index (χ1n) is 12.2. The number of hydrogen-bond acceptors (Lipinski definition) is 6. The van der Waals surface area contributed by atoms with Gasteiger partial charge in [0.1, 0.15) is 17.1 Å². The van der Waals surface area contributed by atoms with E-state index < -0.39 is 6.36 Å². The Morgan fingerprint density at radius 3 is 2.63 bits per heavy atom. The van der Waals surface area contributed by atoms with Crippen LogP contribution in [0.3, 0.4) is 0 Å². The number of fused-ring (bicyclic) bond motifs is 1. The molecule has 3 aromatic heterocycles. The summed E-state index contributed by atoms with van der Waals surface area (Å²) >= 11 is 7.39. The van der Waals surface area contributed by atoms with Gasteiger partial charge in [0.2, 0.25) is 0 Å². The van der Waals surface area contributed by atoms with Crippen LogP contribution in [0.1, 0.15) is 42.9 Å². The summed E-state index contributed by atoms with van der Waals surface area (Å²) in [6.07, 6.45) is -3.17. The molecular formula is C26H26ClF3N4O3S. The number of halogens is 4. The predicted molar refractivity (Wildman–Crippen MR) is 140 cm³/mol. The first-order chi connectivity index (χ1) is 18.1. The largest absolute Gasteiger partial charge is 0.573 e. The predicted octanol–water partition coefficient (Wildman–Crippen LogP) is 6.56. The van der Waals surface area contributed by atoms with Crippen molar-refractivity contribution in [1.29, 1.82) is 0 Å². The van der Waals surface area contributed by atoms with Gasteiger partial charge in [-0.05, 0) is 63.1 Å². The number of likely N-dealkylation sites (tertiary alicyclic amines) is 1. The lowest BCUT2D eigenvalue weighted by atomic mass is 10.0. The summed E-state index contributed by atoms with van der Waals surface area (Å²) in [5.74, 6) is -0.109. The Kier molecular flexibility index (Phi) is 7.43. The van der Waals surface area contributed by atoms with Gasteiger partial charge in [0.25, 0.3) is 5.91 Å². The number of piperidine rings is 1. The van der Waals surface area contributed by atoms with E-state index in [-0.39, 0.29) is 24.2 Å². The average Bonchev–Trinajstić information content (AvgIpc) is 3.57. The lowest BCUT2D eigenvalue weighted by Crippen LogP contribution is -2.46. The van der Waals surface area contributed by atoms with Gasteiger partial charge in [-0.25, -0.2) is 0 Å². The molecule has 1 fully saturated rings.